The molecule has 2 N–H and O–H groups in total. The zero-order valence-electron chi connectivity index (χ0n) is 15.3. The molecule has 0 bridgehead atoms. The SMILES string of the molecule is CCC(=O)Nc1cc(NC(=O)c2ccccc2OCCOC)ccc1C. The molecule has 0 aliphatic carbocycles. The van der Waals surface area contributed by atoms with E-state index in [1.165, 1.54) is 0 Å². The summed E-state index contributed by atoms with van der Waals surface area (Å²) in [6.07, 6.45) is 0.391. The van der Waals surface area contributed by atoms with E-state index in [9.17, 15) is 9.59 Å². The van der Waals surface area contributed by atoms with Gasteiger partial charge in [0.2, 0.25) is 5.91 Å². The fourth-order valence-corrected chi connectivity index (χ4v) is 2.29. The van der Waals surface area contributed by atoms with Gasteiger partial charge in [-0.3, -0.25) is 9.59 Å². The van der Waals surface area contributed by atoms with Gasteiger partial charge in [0.05, 0.1) is 12.2 Å². The van der Waals surface area contributed by atoms with Crippen molar-refractivity contribution in [3.63, 3.8) is 0 Å². The summed E-state index contributed by atoms with van der Waals surface area (Å²) in [5, 5.41) is 5.68. The smallest absolute Gasteiger partial charge is 0.259 e. The van der Waals surface area contributed by atoms with Gasteiger partial charge in [0.15, 0.2) is 0 Å². The Bertz CT molecular complexity index is 774. The number of nitrogens with one attached hydrogen (secondary N) is 2. The van der Waals surface area contributed by atoms with E-state index in [4.69, 9.17) is 9.47 Å². The third-order valence-corrected chi connectivity index (χ3v) is 3.77. The highest BCUT2D eigenvalue weighted by Crippen LogP contribution is 2.23. The summed E-state index contributed by atoms with van der Waals surface area (Å²) < 4.78 is 10.6. The molecule has 0 saturated heterocycles. The molecule has 0 aliphatic heterocycles. The molecule has 138 valence electrons. The van der Waals surface area contributed by atoms with Crippen molar-refractivity contribution in [3.8, 4) is 5.75 Å². The molecule has 0 aliphatic rings. The number of hydrogen-bond donors (Lipinski definition) is 2. The number of ether oxygens (including phenoxy) is 2. The number of aryl methyl sites for hydroxylation is 1. The van der Waals surface area contributed by atoms with Crippen LogP contribution in [0.5, 0.6) is 5.75 Å². The Kier molecular flexibility index (Phi) is 7.17. The average molecular weight is 356 g/mol. The third kappa shape index (κ3) is 5.32. The van der Waals surface area contributed by atoms with E-state index < -0.39 is 0 Å². The summed E-state index contributed by atoms with van der Waals surface area (Å²) in [5.41, 5.74) is 2.63. The fraction of sp³-hybridized carbons (Fsp3) is 0.300. The Morgan fingerprint density at radius 3 is 2.54 bits per heavy atom. The van der Waals surface area contributed by atoms with Crippen molar-refractivity contribution >= 4 is 23.2 Å². The second kappa shape index (κ2) is 9.58. The van der Waals surface area contributed by atoms with Crippen LogP contribution in [0, 0.1) is 6.92 Å². The molecule has 0 atom stereocenters. The second-order valence-electron chi connectivity index (χ2n) is 5.72. The third-order valence-electron chi connectivity index (χ3n) is 3.77. The van der Waals surface area contributed by atoms with Crippen molar-refractivity contribution in [2.45, 2.75) is 20.3 Å². The highest BCUT2D eigenvalue weighted by atomic mass is 16.5. The lowest BCUT2D eigenvalue weighted by molar-refractivity contribution is -0.115. The molecule has 6 nitrogen and oxygen atoms in total. The molecule has 6 heteroatoms. The lowest BCUT2D eigenvalue weighted by Crippen LogP contribution is -2.15. The van der Waals surface area contributed by atoms with Crippen LogP contribution in [-0.2, 0) is 9.53 Å². The van der Waals surface area contributed by atoms with Gasteiger partial charge in [0.1, 0.15) is 12.4 Å². The molecule has 2 aromatic carbocycles. The van der Waals surface area contributed by atoms with Gasteiger partial charge in [0, 0.05) is 24.9 Å². The Morgan fingerprint density at radius 1 is 1.04 bits per heavy atom. The number of methoxy groups -OCH3 is 1. The molecule has 2 aromatic rings. The first kappa shape index (κ1) is 19.5. The summed E-state index contributed by atoms with van der Waals surface area (Å²) in [6.45, 7) is 4.49. The topological polar surface area (TPSA) is 76.7 Å². The zero-order chi connectivity index (χ0) is 18.9. The van der Waals surface area contributed by atoms with Crippen LogP contribution in [0.1, 0.15) is 29.3 Å². The second-order valence-corrected chi connectivity index (χ2v) is 5.72. The van der Waals surface area contributed by atoms with Crippen LogP contribution in [0.3, 0.4) is 0 Å². The molecule has 0 heterocycles. The molecule has 0 unspecified atom stereocenters. The minimum Gasteiger partial charge on any atom is -0.490 e. The maximum absolute atomic E-state index is 12.6. The first-order valence-corrected chi connectivity index (χ1v) is 8.47. The van der Waals surface area contributed by atoms with E-state index in [0.717, 1.165) is 5.56 Å². The Morgan fingerprint density at radius 2 is 1.81 bits per heavy atom. The Labute approximate surface area is 153 Å². The molecule has 26 heavy (non-hydrogen) atoms. The lowest BCUT2D eigenvalue weighted by Gasteiger charge is -2.13. The van der Waals surface area contributed by atoms with Gasteiger partial charge in [-0.15, -0.1) is 0 Å². The maximum Gasteiger partial charge on any atom is 0.259 e. The van der Waals surface area contributed by atoms with Crippen molar-refractivity contribution in [3.05, 3.63) is 53.6 Å². The van der Waals surface area contributed by atoms with Gasteiger partial charge in [-0.05, 0) is 36.8 Å². The maximum atomic E-state index is 12.6. The summed E-state index contributed by atoms with van der Waals surface area (Å²) in [6, 6.07) is 12.4. The van der Waals surface area contributed by atoms with Gasteiger partial charge in [0.25, 0.3) is 5.91 Å². The zero-order valence-corrected chi connectivity index (χ0v) is 15.3. The van der Waals surface area contributed by atoms with Crippen LogP contribution in [0.15, 0.2) is 42.5 Å². The minimum atomic E-state index is -0.283. The van der Waals surface area contributed by atoms with Gasteiger partial charge in [-0.2, -0.15) is 0 Å². The molecule has 0 saturated carbocycles. The van der Waals surface area contributed by atoms with Crippen molar-refractivity contribution in [1.82, 2.24) is 0 Å². The van der Waals surface area contributed by atoms with Crippen molar-refractivity contribution in [2.75, 3.05) is 31.0 Å². The van der Waals surface area contributed by atoms with Crippen LogP contribution in [-0.4, -0.2) is 32.1 Å². The van der Waals surface area contributed by atoms with E-state index in [-0.39, 0.29) is 11.8 Å². The Hall–Kier alpha value is -2.86. The number of rotatable bonds is 8. The highest BCUT2D eigenvalue weighted by molar-refractivity contribution is 6.06. The normalized spacial score (nSPS) is 10.3. The van der Waals surface area contributed by atoms with Crippen molar-refractivity contribution in [1.29, 1.82) is 0 Å². The Balaban J connectivity index is 2.15. The number of carbonyl (C=O) groups is 2. The number of amides is 2. The number of anilines is 2. The lowest BCUT2D eigenvalue weighted by atomic mass is 10.1. The van der Waals surface area contributed by atoms with Gasteiger partial charge >= 0.3 is 0 Å². The summed E-state index contributed by atoms with van der Waals surface area (Å²) in [4.78, 5) is 24.3. The number of hydrogen-bond acceptors (Lipinski definition) is 4. The van der Waals surface area contributed by atoms with E-state index >= 15 is 0 Å². The van der Waals surface area contributed by atoms with Crippen molar-refractivity contribution < 1.29 is 19.1 Å². The number of carbonyl (C=O) groups excluding carboxylic acids is 2. The van der Waals surface area contributed by atoms with Gasteiger partial charge in [-0.25, -0.2) is 0 Å². The molecule has 2 amide bonds. The molecule has 0 fully saturated rings. The van der Waals surface area contributed by atoms with E-state index in [2.05, 4.69) is 10.6 Å². The molecular formula is C20H24N2O4. The van der Waals surface area contributed by atoms with Crippen LogP contribution in [0.4, 0.5) is 11.4 Å². The van der Waals surface area contributed by atoms with E-state index in [1.54, 1.807) is 44.4 Å². The largest absolute Gasteiger partial charge is 0.490 e. The van der Waals surface area contributed by atoms with Gasteiger partial charge in [-0.1, -0.05) is 25.1 Å². The van der Waals surface area contributed by atoms with E-state index in [0.29, 0.717) is 42.3 Å². The predicted octanol–water partition coefficient (Wildman–Crippen LogP) is 3.62. The van der Waals surface area contributed by atoms with Crippen LogP contribution in [0.2, 0.25) is 0 Å². The molecule has 2 rings (SSSR count). The average Bonchev–Trinajstić information content (AvgIpc) is 2.65. The fourth-order valence-electron chi connectivity index (χ4n) is 2.29. The minimum absolute atomic E-state index is 0.0755. The summed E-state index contributed by atoms with van der Waals surface area (Å²) in [5.74, 6) is 0.136. The van der Waals surface area contributed by atoms with Crippen LogP contribution >= 0.6 is 0 Å². The number of para-hydroxylation sites is 1. The summed E-state index contributed by atoms with van der Waals surface area (Å²) >= 11 is 0. The van der Waals surface area contributed by atoms with E-state index in [1.807, 2.05) is 19.1 Å². The predicted molar refractivity (Wildman–Crippen MR) is 102 cm³/mol. The molecule has 0 aromatic heterocycles. The molecular weight excluding hydrogens is 332 g/mol. The van der Waals surface area contributed by atoms with Crippen LogP contribution in [0.25, 0.3) is 0 Å². The summed E-state index contributed by atoms with van der Waals surface area (Å²) in [7, 11) is 1.59. The first-order valence-electron chi connectivity index (χ1n) is 8.47. The van der Waals surface area contributed by atoms with Crippen molar-refractivity contribution in [2.24, 2.45) is 0 Å². The molecule has 0 radical (unpaired) electrons. The van der Waals surface area contributed by atoms with Gasteiger partial charge < -0.3 is 20.1 Å². The number of benzene rings is 2. The highest BCUT2D eigenvalue weighted by Gasteiger charge is 2.13. The quantitative estimate of drug-likeness (QED) is 0.708. The first-order chi connectivity index (χ1) is 12.5. The molecule has 0 spiro atoms. The standard InChI is InChI=1S/C20H24N2O4/c1-4-19(23)22-17-13-15(10-9-14(17)2)21-20(24)16-7-5-6-8-18(16)26-12-11-25-3/h5-10,13H,4,11-12H2,1-3H3,(H,21,24)(H,22,23). The van der Waals surface area contributed by atoms with Crippen LogP contribution < -0.4 is 15.4 Å². The monoisotopic (exact) mass is 356 g/mol.